The van der Waals surface area contributed by atoms with Gasteiger partial charge in [0.25, 0.3) is 10.0 Å². The van der Waals surface area contributed by atoms with Gasteiger partial charge in [-0.15, -0.1) is 0 Å². The van der Waals surface area contributed by atoms with Gasteiger partial charge in [-0.2, -0.15) is 4.31 Å². The van der Waals surface area contributed by atoms with Crippen LogP contribution in [0.4, 0.5) is 0 Å². The van der Waals surface area contributed by atoms with E-state index in [1.807, 2.05) is 13.8 Å². The number of sulfonamides is 1. The molecule has 19 heavy (non-hydrogen) atoms. The van der Waals surface area contributed by atoms with Gasteiger partial charge in [-0.05, 0) is 13.3 Å². The first-order chi connectivity index (χ1) is 8.98. The molecule has 0 saturated carbocycles. The smallest absolute Gasteiger partial charge is 0.262 e. The molecule has 2 heterocycles. The van der Waals surface area contributed by atoms with E-state index in [1.54, 1.807) is 4.57 Å². The minimum absolute atomic E-state index is 0.0681. The summed E-state index contributed by atoms with van der Waals surface area (Å²) in [4.78, 5) is 15.6. The average Bonchev–Trinajstić information content (AvgIpc) is 2.88. The van der Waals surface area contributed by atoms with Crippen LogP contribution in [0.25, 0.3) is 0 Å². The van der Waals surface area contributed by atoms with E-state index in [9.17, 15) is 13.2 Å². The third-order valence-corrected chi connectivity index (χ3v) is 5.31. The molecule has 106 valence electrons. The Kier molecular flexibility index (Phi) is 4.05. The van der Waals surface area contributed by atoms with E-state index in [0.717, 1.165) is 0 Å². The molecule has 0 aromatic carbocycles. The quantitative estimate of drug-likeness (QED) is 0.823. The Labute approximate surface area is 113 Å². The third kappa shape index (κ3) is 2.71. The van der Waals surface area contributed by atoms with Crippen molar-refractivity contribution in [3.05, 3.63) is 12.5 Å². The van der Waals surface area contributed by atoms with Crippen molar-refractivity contribution < 1.29 is 13.2 Å². The van der Waals surface area contributed by atoms with Gasteiger partial charge in [-0.3, -0.25) is 4.79 Å². The van der Waals surface area contributed by atoms with Crippen LogP contribution in [0.5, 0.6) is 0 Å². The van der Waals surface area contributed by atoms with Crippen LogP contribution >= 0.6 is 0 Å². The van der Waals surface area contributed by atoms with Gasteiger partial charge < -0.3 is 4.57 Å². The van der Waals surface area contributed by atoms with Crippen LogP contribution in [0.2, 0.25) is 0 Å². The Morgan fingerprint density at radius 3 is 2.74 bits per heavy atom. The molecule has 6 nitrogen and oxygen atoms in total. The van der Waals surface area contributed by atoms with Crippen molar-refractivity contribution in [1.82, 2.24) is 13.9 Å². The first-order valence-corrected chi connectivity index (χ1v) is 7.97. The van der Waals surface area contributed by atoms with Gasteiger partial charge in [-0.25, -0.2) is 13.4 Å². The number of aryl methyl sites for hydroxylation is 1. The zero-order valence-corrected chi connectivity index (χ0v) is 12.1. The lowest BCUT2D eigenvalue weighted by Crippen LogP contribution is -2.43. The molecule has 0 spiro atoms. The summed E-state index contributed by atoms with van der Waals surface area (Å²) in [5, 5.41) is 0.0681. The second kappa shape index (κ2) is 5.42. The molecule has 1 unspecified atom stereocenters. The Bertz CT molecular complexity index is 565. The van der Waals surface area contributed by atoms with Crippen molar-refractivity contribution in [2.75, 3.05) is 13.1 Å². The Morgan fingerprint density at radius 2 is 2.16 bits per heavy atom. The highest BCUT2D eigenvalue weighted by Crippen LogP contribution is 2.22. The van der Waals surface area contributed by atoms with Crippen LogP contribution in [-0.2, 0) is 21.4 Å². The number of aromatic nitrogens is 2. The summed E-state index contributed by atoms with van der Waals surface area (Å²) in [6.45, 7) is 5.04. The Balaban J connectivity index is 2.22. The standard InChI is InChI=1S/C12H19N3O3S/c1-3-10-7-15(6-5-11(10)16)19(17,18)12-8-14(4-2)9-13-12/h8-10H,3-7H2,1-2H3. The summed E-state index contributed by atoms with van der Waals surface area (Å²) in [5.74, 6) is -0.0233. The summed E-state index contributed by atoms with van der Waals surface area (Å²) in [5.41, 5.74) is 0. The second-order valence-electron chi connectivity index (χ2n) is 4.73. The van der Waals surface area contributed by atoms with E-state index in [0.29, 0.717) is 19.4 Å². The lowest BCUT2D eigenvalue weighted by atomic mass is 9.96. The first-order valence-electron chi connectivity index (χ1n) is 6.53. The van der Waals surface area contributed by atoms with Gasteiger partial charge in [0.05, 0.1) is 6.33 Å². The highest BCUT2D eigenvalue weighted by Gasteiger charge is 2.34. The molecule has 7 heteroatoms. The first kappa shape index (κ1) is 14.2. The molecule has 2 rings (SSSR count). The molecule has 1 aromatic heterocycles. The number of hydrogen-bond acceptors (Lipinski definition) is 4. The molecular formula is C12H19N3O3S. The number of rotatable bonds is 4. The van der Waals surface area contributed by atoms with Gasteiger partial charge in [0.15, 0.2) is 5.03 Å². The van der Waals surface area contributed by atoms with E-state index in [1.165, 1.54) is 16.8 Å². The number of ketones is 1. The van der Waals surface area contributed by atoms with E-state index in [2.05, 4.69) is 4.98 Å². The molecule has 0 N–H and O–H groups in total. The van der Waals surface area contributed by atoms with Crippen molar-refractivity contribution in [1.29, 1.82) is 0 Å². The number of Topliss-reactive ketones (excluding diaryl/α,β-unsaturated/α-hetero) is 1. The highest BCUT2D eigenvalue weighted by atomic mass is 32.2. The summed E-state index contributed by atoms with van der Waals surface area (Å²) >= 11 is 0. The van der Waals surface area contributed by atoms with Crippen molar-refractivity contribution in [2.24, 2.45) is 5.92 Å². The second-order valence-corrected chi connectivity index (χ2v) is 6.61. The fourth-order valence-electron chi connectivity index (χ4n) is 2.23. The number of carbonyl (C=O) groups excluding carboxylic acids is 1. The lowest BCUT2D eigenvalue weighted by Gasteiger charge is -2.29. The van der Waals surface area contributed by atoms with E-state index >= 15 is 0 Å². The fraction of sp³-hybridized carbons (Fsp3) is 0.667. The van der Waals surface area contributed by atoms with Gasteiger partial charge in [-0.1, -0.05) is 6.92 Å². The zero-order valence-electron chi connectivity index (χ0n) is 11.2. The van der Waals surface area contributed by atoms with Crippen LogP contribution in [0.15, 0.2) is 17.6 Å². The lowest BCUT2D eigenvalue weighted by molar-refractivity contribution is -0.125. The number of piperidine rings is 1. The minimum Gasteiger partial charge on any atom is -0.336 e. The van der Waals surface area contributed by atoms with Crippen molar-refractivity contribution in [2.45, 2.75) is 38.3 Å². The number of nitrogens with zero attached hydrogens (tertiary/aromatic N) is 3. The topological polar surface area (TPSA) is 72.3 Å². The van der Waals surface area contributed by atoms with Crippen LogP contribution < -0.4 is 0 Å². The molecule has 1 fully saturated rings. The summed E-state index contributed by atoms with van der Waals surface area (Å²) < 4.78 is 27.9. The maximum absolute atomic E-state index is 12.4. The van der Waals surface area contributed by atoms with Gasteiger partial charge in [0.2, 0.25) is 0 Å². The predicted molar refractivity (Wildman–Crippen MR) is 70.1 cm³/mol. The van der Waals surface area contributed by atoms with Crippen molar-refractivity contribution in [3.8, 4) is 0 Å². The molecule has 0 bridgehead atoms. The van der Waals surface area contributed by atoms with Gasteiger partial charge in [0.1, 0.15) is 5.78 Å². The van der Waals surface area contributed by atoms with Gasteiger partial charge >= 0.3 is 0 Å². The Hall–Kier alpha value is -1.21. The van der Waals surface area contributed by atoms with Gasteiger partial charge in [0, 0.05) is 38.2 Å². The number of hydrogen-bond donors (Lipinski definition) is 0. The third-order valence-electron chi connectivity index (χ3n) is 3.56. The number of carbonyl (C=O) groups is 1. The fourth-order valence-corrected chi connectivity index (χ4v) is 3.65. The maximum atomic E-state index is 12.4. The summed E-state index contributed by atoms with van der Waals surface area (Å²) in [6.07, 6.45) is 4.02. The molecule has 0 amide bonds. The highest BCUT2D eigenvalue weighted by molar-refractivity contribution is 7.89. The Morgan fingerprint density at radius 1 is 1.42 bits per heavy atom. The molecule has 1 aliphatic heterocycles. The van der Waals surface area contributed by atoms with Crippen molar-refractivity contribution >= 4 is 15.8 Å². The van der Waals surface area contributed by atoms with Crippen LogP contribution in [0.3, 0.4) is 0 Å². The molecule has 0 aliphatic carbocycles. The number of imidazole rings is 1. The SMILES string of the molecule is CCC1CN(S(=O)(=O)c2cn(CC)cn2)CCC1=O. The minimum atomic E-state index is -3.57. The maximum Gasteiger partial charge on any atom is 0.262 e. The molecule has 0 radical (unpaired) electrons. The zero-order chi connectivity index (χ0) is 14.0. The molecular weight excluding hydrogens is 266 g/mol. The molecule has 1 aliphatic rings. The van der Waals surface area contributed by atoms with E-state index < -0.39 is 10.0 Å². The van der Waals surface area contributed by atoms with Crippen molar-refractivity contribution in [3.63, 3.8) is 0 Å². The molecule has 1 saturated heterocycles. The molecule has 1 aromatic rings. The van der Waals surface area contributed by atoms with E-state index in [4.69, 9.17) is 0 Å². The molecule has 1 atom stereocenters. The predicted octanol–water partition coefficient (Wildman–Crippen LogP) is 0.893. The summed E-state index contributed by atoms with van der Waals surface area (Å²) in [6, 6.07) is 0. The monoisotopic (exact) mass is 285 g/mol. The van der Waals surface area contributed by atoms with E-state index in [-0.39, 0.29) is 29.8 Å². The van der Waals surface area contributed by atoms with Crippen LogP contribution in [-0.4, -0.2) is 41.1 Å². The largest absolute Gasteiger partial charge is 0.336 e. The summed E-state index contributed by atoms with van der Waals surface area (Å²) in [7, 11) is -3.57. The average molecular weight is 285 g/mol. The van der Waals surface area contributed by atoms with Crippen LogP contribution in [0, 0.1) is 5.92 Å². The normalized spacial score (nSPS) is 21.8. The van der Waals surface area contributed by atoms with Crippen LogP contribution in [0.1, 0.15) is 26.7 Å².